The predicted octanol–water partition coefficient (Wildman–Crippen LogP) is 4.99. The van der Waals surface area contributed by atoms with Gasteiger partial charge < -0.3 is 5.11 Å². The standard InChI is InChI=1S/C12H24O.2HI.V/c1-9-8-10(11(2,3)4)6-7-12(9,5)13;;;/h9-10,13H,6-8H2,1-5H3;2*1H;/q;;;+2/p-2. The van der Waals surface area contributed by atoms with Crippen LogP contribution in [0.2, 0.25) is 0 Å². The van der Waals surface area contributed by atoms with Gasteiger partial charge >= 0.3 is 49.4 Å². The normalized spacial score (nSPS) is 35.0. The summed E-state index contributed by atoms with van der Waals surface area (Å²) in [6.07, 6.45) is 3.33. The van der Waals surface area contributed by atoms with Crippen LogP contribution in [0.15, 0.2) is 0 Å². The van der Waals surface area contributed by atoms with E-state index in [0.717, 1.165) is 12.3 Å². The Morgan fingerprint density at radius 2 is 1.75 bits per heavy atom. The quantitative estimate of drug-likeness (QED) is 0.476. The van der Waals surface area contributed by atoms with E-state index in [1.807, 2.05) is 6.92 Å². The molecule has 0 amide bonds. The number of halogens is 2. The summed E-state index contributed by atoms with van der Waals surface area (Å²) in [5, 5.41) is 10.0. The Labute approximate surface area is 130 Å². The van der Waals surface area contributed by atoms with Crippen LogP contribution in [0.4, 0.5) is 0 Å². The van der Waals surface area contributed by atoms with Crippen LogP contribution in [0.25, 0.3) is 0 Å². The van der Waals surface area contributed by atoms with Gasteiger partial charge in [-0.15, -0.1) is 0 Å². The third-order valence-electron chi connectivity index (χ3n) is 3.92. The van der Waals surface area contributed by atoms with Crippen LogP contribution in [-0.4, -0.2) is 10.7 Å². The molecule has 0 saturated heterocycles. The topological polar surface area (TPSA) is 20.2 Å². The zero-order chi connectivity index (χ0) is 13.0. The monoisotopic (exact) mass is 489 g/mol. The van der Waals surface area contributed by atoms with E-state index < -0.39 is 5.60 Å². The molecule has 1 nitrogen and oxygen atoms in total. The fourth-order valence-corrected chi connectivity index (χ4v) is 2.30. The van der Waals surface area contributed by atoms with Gasteiger partial charge in [-0.1, -0.05) is 27.7 Å². The third kappa shape index (κ3) is 6.25. The maximum absolute atomic E-state index is 10.0. The molecule has 1 rings (SSSR count). The molecule has 0 aromatic rings. The van der Waals surface area contributed by atoms with Crippen LogP contribution in [0.3, 0.4) is 0 Å². The van der Waals surface area contributed by atoms with E-state index in [1.165, 1.54) is 12.8 Å². The van der Waals surface area contributed by atoms with Crippen molar-refractivity contribution in [3.05, 3.63) is 0 Å². The van der Waals surface area contributed by atoms with Gasteiger partial charge in [-0.05, 0) is 43.4 Å². The van der Waals surface area contributed by atoms with E-state index in [-0.39, 0.29) is 0 Å². The Balaban J connectivity index is 0.000000673. The molecule has 0 heterocycles. The molecule has 3 atom stereocenters. The van der Waals surface area contributed by atoms with Crippen molar-refractivity contribution in [1.82, 2.24) is 0 Å². The van der Waals surface area contributed by atoms with Crippen LogP contribution >= 0.6 is 40.0 Å². The van der Waals surface area contributed by atoms with Gasteiger partial charge in [0.05, 0.1) is 5.60 Å². The van der Waals surface area contributed by atoms with Crippen LogP contribution in [0.1, 0.15) is 53.9 Å². The molecule has 4 heteroatoms. The van der Waals surface area contributed by atoms with E-state index >= 15 is 0 Å². The maximum atomic E-state index is 10.0. The molecule has 16 heavy (non-hydrogen) atoms. The van der Waals surface area contributed by atoms with Crippen LogP contribution in [-0.2, 0) is 9.47 Å². The molecule has 97 valence electrons. The molecule has 1 N–H and O–H groups in total. The molecule has 1 aliphatic carbocycles. The SMILES string of the molecule is CC1CC(C(C)(C)C)CCC1(C)O.[I][V][I]. The molecule has 0 aromatic heterocycles. The molecule has 0 bridgehead atoms. The second-order valence-corrected chi connectivity index (χ2v) is 17.9. The number of hydrogen-bond acceptors (Lipinski definition) is 1. The Morgan fingerprint density at radius 3 is 2.06 bits per heavy atom. The zero-order valence-electron chi connectivity index (χ0n) is 10.9. The van der Waals surface area contributed by atoms with Crippen molar-refractivity contribution >= 4 is 40.0 Å². The summed E-state index contributed by atoms with van der Waals surface area (Å²) in [5.41, 5.74) is -0.00743. The second kappa shape index (κ2) is 7.56. The van der Waals surface area contributed by atoms with Crippen molar-refractivity contribution in [3.8, 4) is 0 Å². The van der Waals surface area contributed by atoms with Gasteiger partial charge in [0.25, 0.3) is 0 Å². The molecule has 0 aromatic carbocycles. The Morgan fingerprint density at radius 1 is 1.31 bits per heavy atom. The average Bonchev–Trinajstić information content (AvgIpc) is 2.09. The minimum atomic E-state index is -0.415. The zero-order valence-corrected chi connectivity index (χ0v) is 16.6. The second-order valence-electron chi connectivity index (χ2n) is 6.16. The van der Waals surface area contributed by atoms with Crippen molar-refractivity contribution in [3.63, 3.8) is 0 Å². The van der Waals surface area contributed by atoms with Crippen LogP contribution in [0.5, 0.6) is 0 Å². The average molecular weight is 489 g/mol. The molecule has 1 aliphatic rings. The van der Waals surface area contributed by atoms with Gasteiger partial charge in [-0.2, -0.15) is 0 Å². The first-order valence-electron chi connectivity index (χ1n) is 5.79. The Bertz CT molecular complexity index is 202. The number of hydrogen-bond donors (Lipinski definition) is 1. The van der Waals surface area contributed by atoms with Gasteiger partial charge in [0.15, 0.2) is 0 Å². The van der Waals surface area contributed by atoms with E-state index in [1.54, 1.807) is 0 Å². The molecular formula is C12H24I2OV. The summed E-state index contributed by atoms with van der Waals surface area (Å²) in [7, 11) is 0.628. The summed E-state index contributed by atoms with van der Waals surface area (Å²) < 4.78 is 0. The fourth-order valence-electron chi connectivity index (χ4n) is 2.30. The van der Waals surface area contributed by atoms with Crippen LogP contribution in [0, 0.1) is 17.3 Å². The molecule has 1 saturated carbocycles. The van der Waals surface area contributed by atoms with Crippen molar-refractivity contribution in [1.29, 1.82) is 0 Å². The summed E-state index contributed by atoms with van der Waals surface area (Å²) in [5.74, 6) is 1.23. The van der Waals surface area contributed by atoms with Crippen molar-refractivity contribution in [2.45, 2.75) is 59.5 Å². The van der Waals surface area contributed by atoms with Gasteiger partial charge in [0.2, 0.25) is 0 Å². The van der Waals surface area contributed by atoms with E-state index in [4.69, 9.17) is 0 Å². The molecule has 3 unspecified atom stereocenters. The van der Waals surface area contributed by atoms with Crippen LogP contribution < -0.4 is 0 Å². The van der Waals surface area contributed by atoms with Gasteiger partial charge in [-0.3, -0.25) is 0 Å². The van der Waals surface area contributed by atoms with E-state index in [9.17, 15) is 5.11 Å². The number of rotatable bonds is 0. The van der Waals surface area contributed by atoms with Crippen molar-refractivity contribution in [2.75, 3.05) is 0 Å². The molecule has 0 aliphatic heterocycles. The summed E-state index contributed by atoms with van der Waals surface area (Å²) in [4.78, 5) is 0. The first-order valence-corrected chi connectivity index (χ1v) is 14.8. The first-order chi connectivity index (χ1) is 7.15. The summed E-state index contributed by atoms with van der Waals surface area (Å²) in [6, 6.07) is 0. The number of aliphatic hydroxyl groups is 1. The predicted molar refractivity (Wildman–Crippen MR) is 84.6 cm³/mol. The Kier molecular flexibility index (Phi) is 8.51. The summed E-state index contributed by atoms with van der Waals surface area (Å²) in [6.45, 7) is 11.1. The molecule has 0 spiro atoms. The van der Waals surface area contributed by atoms with Gasteiger partial charge in [0.1, 0.15) is 0 Å². The Hall–Kier alpha value is 2.00. The van der Waals surface area contributed by atoms with Crippen molar-refractivity contribution in [2.24, 2.45) is 17.3 Å². The molecule has 0 radical (unpaired) electrons. The summed E-state index contributed by atoms with van der Waals surface area (Å²) >= 11 is 4.74. The van der Waals surface area contributed by atoms with Gasteiger partial charge in [-0.25, -0.2) is 0 Å². The molecular weight excluding hydrogens is 465 g/mol. The fraction of sp³-hybridized carbons (Fsp3) is 1.00. The van der Waals surface area contributed by atoms with Crippen molar-refractivity contribution < 1.29 is 14.6 Å². The molecule has 1 fully saturated rings. The first kappa shape index (κ1) is 18.0. The van der Waals surface area contributed by atoms with Gasteiger partial charge in [0, 0.05) is 0 Å². The minimum absolute atomic E-state index is 0.408. The van der Waals surface area contributed by atoms with E-state index in [2.05, 4.69) is 67.7 Å². The third-order valence-corrected chi connectivity index (χ3v) is 3.92. The van der Waals surface area contributed by atoms with E-state index in [0.29, 0.717) is 20.8 Å².